The SMILES string of the molecule is Cc1ccc(CNC(=O)N2CCOC(c3nn[nH]n3)C2)cc1. The standard InChI is InChI=1S/C14H18N6O2/c1-10-2-4-11(5-3-10)8-15-14(21)20-6-7-22-12(9-20)13-16-18-19-17-13/h2-5,12H,6-9H2,1H3,(H,15,21)(H,16,17,18,19). The van der Waals surface area contributed by atoms with Crippen LogP contribution in [0.3, 0.4) is 0 Å². The molecule has 0 radical (unpaired) electrons. The highest BCUT2D eigenvalue weighted by molar-refractivity contribution is 5.74. The van der Waals surface area contributed by atoms with Crippen molar-refractivity contribution in [3.63, 3.8) is 0 Å². The predicted molar refractivity (Wildman–Crippen MR) is 77.9 cm³/mol. The zero-order chi connectivity index (χ0) is 15.4. The second-order valence-electron chi connectivity index (χ2n) is 5.22. The van der Waals surface area contributed by atoms with Crippen LogP contribution in [-0.4, -0.2) is 51.3 Å². The summed E-state index contributed by atoms with van der Waals surface area (Å²) in [4.78, 5) is 14.0. The van der Waals surface area contributed by atoms with Gasteiger partial charge in [0.2, 0.25) is 5.82 Å². The summed E-state index contributed by atoms with van der Waals surface area (Å²) < 4.78 is 5.57. The normalized spacial score (nSPS) is 18.2. The first kappa shape index (κ1) is 14.5. The molecule has 2 aromatic rings. The van der Waals surface area contributed by atoms with Gasteiger partial charge in [0.15, 0.2) is 0 Å². The van der Waals surface area contributed by atoms with Crippen LogP contribution < -0.4 is 5.32 Å². The van der Waals surface area contributed by atoms with Gasteiger partial charge in [-0.2, -0.15) is 5.21 Å². The monoisotopic (exact) mass is 302 g/mol. The van der Waals surface area contributed by atoms with Crippen LogP contribution >= 0.6 is 0 Å². The number of aromatic amines is 1. The minimum absolute atomic E-state index is 0.114. The largest absolute Gasteiger partial charge is 0.366 e. The molecule has 116 valence electrons. The number of nitrogens with zero attached hydrogens (tertiary/aromatic N) is 4. The van der Waals surface area contributed by atoms with Crippen LogP contribution in [-0.2, 0) is 11.3 Å². The zero-order valence-electron chi connectivity index (χ0n) is 12.3. The van der Waals surface area contributed by atoms with E-state index >= 15 is 0 Å². The second kappa shape index (κ2) is 6.52. The first-order valence-electron chi connectivity index (χ1n) is 7.15. The molecule has 1 saturated heterocycles. The molecule has 0 spiro atoms. The summed E-state index contributed by atoms with van der Waals surface area (Å²) in [5, 5.41) is 16.6. The first-order chi connectivity index (χ1) is 10.7. The van der Waals surface area contributed by atoms with E-state index in [2.05, 4.69) is 25.9 Å². The van der Waals surface area contributed by atoms with Crippen molar-refractivity contribution in [3.05, 3.63) is 41.2 Å². The van der Waals surface area contributed by atoms with Crippen molar-refractivity contribution in [2.45, 2.75) is 19.6 Å². The number of aromatic nitrogens is 4. The van der Waals surface area contributed by atoms with Crippen LogP contribution in [0.5, 0.6) is 0 Å². The molecule has 8 nitrogen and oxygen atoms in total. The lowest BCUT2D eigenvalue weighted by Crippen LogP contribution is -2.47. The van der Waals surface area contributed by atoms with Crippen LogP contribution in [0, 0.1) is 6.92 Å². The number of benzene rings is 1. The summed E-state index contributed by atoms with van der Waals surface area (Å²) in [6, 6.07) is 7.97. The van der Waals surface area contributed by atoms with Crippen molar-refractivity contribution in [3.8, 4) is 0 Å². The highest BCUT2D eigenvalue weighted by Gasteiger charge is 2.27. The molecule has 1 aliphatic rings. The fourth-order valence-electron chi connectivity index (χ4n) is 2.29. The molecule has 2 amide bonds. The Morgan fingerprint density at radius 1 is 1.45 bits per heavy atom. The van der Waals surface area contributed by atoms with Crippen molar-refractivity contribution in [2.75, 3.05) is 19.7 Å². The number of carbonyl (C=O) groups excluding carboxylic acids is 1. The van der Waals surface area contributed by atoms with E-state index in [0.29, 0.717) is 32.1 Å². The fourth-order valence-corrected chi connectivity index (χ4v) is 2.29. The Morgan fingerprint density at radius 2 is 2.27 bits per heavy atom. The number of nitrogens with one attached hydrogen (secondary N) is 2. The van der Waals surface area contributed by atoms with E-state index in [4.69, 9.17) is 4.74 Å². The highest BCUT2D eigenvalue weighted by Crippen LogP contribution is 2.18. The Hall–Kier alpha value is -2.48. The van der Waals surface area contributed by atoms with Crippen molar-refractivity contribution >= 4 is 6.03 Å². The van der Waals surface area contributed by atoms with Gasteiger partial charge in [-0.15, -0.1) is 10.2 Å². The maximum absolute atomic E-state index is 12.2. The van der Waals surface area contributed by atoms with Crippen molar-refractivity contribution in [2.24, 2.45) is 0 Å². The molecular weight excluding hydrogens is 284 g/mol. The molecule has 1 unspecified atom stereocenters. The number of carbonyl (C=O) groups is 1. The number of H-pyrrole nitrogens is 1. The lowest BCUT2D eigenvalue weighted by atomic mass is 10.1. The molecule has 0 saturated carbocycles. The Kier molecular flexibility index (Phi) is 4.29. The molecule has 1 fully saturated rings. The fraction of sp³-hybridized carbons (Fsp3) is 0.429. The smallest absolute Gasteiger partial charge is 0.317 e. The van der Waals surface area contributed by atoms with E-state index in [1.54, 1.807) is 4.90 Å². The Balaban J connectivity index is 1.54. The maximum atomic E-state index is 12.2. The first-order valence-corrected chi connectivity index (χ1v) is 7.15. The molecular formula is C14H18N6O2. The van der Waals surface area contributed by atoms with Crippen molar-refractivity contribution in [1.29, 1.82) is 0 Å². The highest BCUT2D eigenvalue weighted by atomic mass is 16.5. The van der Waals surface area contributed by atoms with Gasteiger partial charge in [0, 0.05) is 13.1 Å². The Morgan fingerprint density at radius 3 is 3.00 bits per heavy atom. The molecule has 1 aromatic heterocycles. The number of tetrazole rings is 1. The number of hydrogen-bond donors (Lipinski definition) is 2. The summed E-state index contributed by atoms with van der Waals surface area (Å²) in [6.07, 6.45) is -0.336. The molecule has 1 aromatic carbocycles. The number of rotatable bonds is 3. The molecule has 0 bridgehead atoms. The van der Waals surface area contributed by atoms with Crippen LogP contribution in [0.4, 0.5) is 4.79 Å². The number of amides is 2. The Bertz CT molecular complexity index is 613. The van der Waals surface area contributed by atoms with Crippen LogP contribution in [0.2, 0.25) is 0 Å². The van der Waals surface area contributed by atoms with Crippen molar-refractivity contribution < 1.29 is 9.53 Å². The molecule has 2 heterocycles. The number of ether oxygens (including phenoxy) is 1. The quantitative estimate of drug-likeness (QED) is 0.874. The summed E-state index contributed by atoms with van der Waals surface area (Å²) in [5.41, 5.74) is 2.27. The van der Waals surface area contributed by atoms with E-state index in [0.717, 1.165) is 5.56 Å². The molecule has 8 heteroatoms. The third-order valence-corrected chi connectivity index (χ3v) is 3.57. The lowest BCUT2D eigenvalue weighted by molar-refractivity contribution is -0.0200. The molecule has 22 heavy (non-hydrogen) atoms. The molecule has 1 atom stereocenters. The summed E-state index contributed by atoms with van der Waals surface area (Å²) in [6.45, 7) is 3.96. The third kappa shape index (κ3) is 3.40. The number of aryl methyl sites for hydroxylation is 1. The summed E-state index contributed by atoms with van der Waals surface area (Å²) in [5.74, 6) is 0.469. The number of morpholine rings is 1. The number of urea groups is 1. The molecule has 0 aliphatic carbocycles. The van der Waals surface area contributed by atoms with Crippen LogP contribution in [0.15, 0.2) is 24.3 Å². The van der Waals surface area contributed by atoms with Gasteiger partial charge in [-0.05, 0) is 12.5 Å². The van der Waals surface area contributed by atoms with Gasteiger partial charge in [-0.25, -0.2) is 4.79 Å². The van der Waals surface area contributed by atoms with E-state index in [1.807, 2.05) is 31.2 Å². The maximum Gasteiger partial charge on any atom is 0.317 e. The Labute approximate surface area is 127 Å². The lowest BCUT2D eigenvalue weighted by Gasteiger charge is -2.31. The van der Waals surface area contributed by atoms with Crippen molar-refractivity contribution in [1.82, 2.24) is 30.8 Å². The average molecular weight is 302 g/mol. The van der Waals surface area contributed by atoms with Gasteiger partial charge < -0.3 is 15.0 Å². The van der Waals surface area contributed by atoms with Crippen LogP contribution in [0.25, 0.3) is 0 Å². The van der Waals surface area contributed by atoms with E-state index in [1.165, 1.54) is 5.56 Å². The van der Waals surface area contributed by atoms with Crippen LogP contribution in [0.1, 0.15) is 23.1 Å². The predicted octanol–water partition coefficient (Wildman–Crippen LogP) is 0.791. The zero-order valence-corrected chi connectivity index (χ0v) is 12.3. The minimum Gasteiger partial charge on any atom is -0.366 e. The van der Waals surface area contributed by atoms with Gasteiger partial charge in [0.25, 0.3) is 0 Å². The summed E-state index contributed by atoms with van der Waals surface area (Å²) in [7, 11) is 0. The topological polar surface area (TPSA) is 96.0 Å². The minimum atomic E-state index is -0.336. The average Bonchev–Trinajstić information content (AvgIpc) is 3.09. The van der Waals surface area contributed by atoms with Gasteiger partial charge in [0.1, 0.15) is 6.10 Å². The molecule has 1 aliphatic heterocycles. The van der Waals surface area contributed by atoms with E-state index < -0.39 is 0 Å². The van der Waals surface area contributed by atoms with E-state index in [9.17, 15) is 4.79 Å². The van der Waals surface area contributed by atoms with Gasteiger partial charge in [-0.3, -0.25) is 0 Å². The third-order valence-electron chi connectivity index (χ3n) is 3.57. The second-order valence-corrected chi connectivity index (χ2v) is 5.22. The molecule has 3 rings (SSSR count). The van der Waals surface area contributed by atoms with Gasteiger partial charge in [-0.1, -0.05) is 35.0 Å². The summed E-state index contributed by atoms with van der Waals surface area (Å²) >= 11 is 0. The van der Waals surface area contributed by atoms with E-state index in [-0.39, 0.29) is 12.1 Å². The van der Waals surface area contributed by atoms with Gasteiger partial charge >= 0.3 is 6.03 Å². The van der Waals surface area contributed by atoms with Gasteiger partial charge in [0.05, 0.1) is 13.2 Å². The molecule has 2 N–H and O–H groups in total. The number of hydrogen-bond acceptors (Lipinski definition) is 5.